The molecule has 6 fully saturated rings. The first-order valence-corrected chi connectivity index (χ1v) is 27.5. The number of pyridine rings is 1. The van der Waals surface area contributed by atoms with Crippen LogP contribution in [-0.4, -0.2) is 133 Å². The smallest absolute Gasteiger partial charge is 0.238 e. The lowest BCUT2D eigenvalue weighted by Gasteiger charge is -2.48. The van der Waals surface area contributed by atoms with Crippen molar-refractivity contribution in [1.29, 1.82) is 0 Å². The number of fused-ring (bicyclic) bond motifs is 3. The Morgan fingerprint density at radius 1 is 0.773 bits per heavy atom. The number of halogens is 1. The van der Waals surface area contributed by atoms with Crippen LogP contribution in [0, 0.1) is 17.7 Å². The molecular weight excluding hydrogens is 952 g/mol. The molecule has 7 aliphatic rings. The molecule has 2 aromatic carbocycles. The van der Waals surface area contributed by atoms with Crippen LogP contribution >= 0.6 is 0 Å². The van der Waals surface area contributed by atoms with E-state index in [2.05, 4.69) is 67.3 Å². The third-order valence-corrected chi connectivity index (χ3v) is 17.8. The monoisotopic (exact) mass is 1020 g/mol. The second-order valence-electron chi connectivity index (χ2n) is 22.4. The van der Waals surface area contributed by atoms with Gasteiger partial charge in [-0.3, -0.25) is 29.3 Å². The summed E-state index contributed by atoms with van der Waals surface area (Å²) < 4.78 is 17.1. The Labute approximate surface area is 436 Å². The van der Waals surface area contributed by atoms with E-state index < -0.39 is 11.3 Å². The zero-order valence-corrected chi connectivity index (χ0v) is 43.1. The van der Waals surface area contributed by atoms with Crippen molar-refractivity contribution >= 4 is 63.7 Å². The maximum atomic E-state index is 15.3. The fraction of sp³-hybridized carbons (Fsp3) is 0.526. The standard InChI is InChI=1S/C57H67FN12O5/c1-35(2)69-34-61-47-31-46(63-51(50(47)69)62-45-9-5-4-8-44(45)58)38-10-12-43-48(28-38)70(41-29-40(30-41)65-20-6-3-7-21-65)55(75)57(43)18-26-67(27-19-57)54(74)36-14-22-66(23-15-36)53(73)37-16-24-68(25-17-37)56-59-32-39(33-60-56)42-11-13-49(71)64-52(42)72/h4-5,8-10,12,28,31-37,40-42H,3,6-7,11,13-27,29-30H2,1-2H3,(H,62,63)(H,64,71,72)/t40-,41+,42?. The van der Waals surface area contributed by atoms with Crippen molar-refractivity contribution < 1.29 is 28.4 Å². The van der Waals surface area contributed by atoms with Gasteiger partial charge < -0.3 is 34.4 Å². The number of rotatable bonds is 10. The highest BCUT2D eigenvalue weighted by Crippen LogP contribution is 2.52. The Morgan fingerprint density at radius 2 is 1.45 bits per heavy atom. The number of amides is 5. The molecule has 75 heavy (non-hydrogen) atoms. The average molecular weight is 1020 g/mol. The molecule has 9 heterocycles. The van der Waals surface area contributed by atoms with Crippen LogP contribution in [0.3, 0.4) is 0 Å². The molecule has 392 valence electrons. The molecule has 3 aromatic heterocycles. The number of imidazole rings is 1. The number of hydrogen-bond donors (Lipinski definition) is 2. The summed E-state index contributed by atoms with van der Waals surface area (Å²) in [5.74, 6) is -0.196. The van der Waals surface area contributed by atoms with E-state index in [1.165, 1.54) is 25.3 Å². The van der Waals surface area contributed by atoms with E-state index in [0.29, 0.717) is 125 Å². The van der Waals surface area contributed by atoms with Crippen LogP contribution in [0.5, 0.6) is 0 Å². The number of nitrogens with one attached hydrogen (secondary N) is 2. The van der Waals surface area contributed by atoms with Crippen molar-refractivity contribution in [3.63, 3.8) is 0 Å². The number of hydrogen-bond acceptors (Lipinski definition) is 12. The predicted octanol–water partition coefficient (Wildman–Crippen LogP) is 7.25. The summed E-state index contributed by atoms with van der Waals surface area (Å²) in [5.41, 5.74) is 5.25. The van der Waals surface area contributed by atoms with Gasteiger partial charge in [0.05, 0.1) is 34.6 Å². The van der Waals surface area contributed by atoms with Gasteiger partial charge in [-0.2, -0.15) is 0 Å². The second kappa shape index (κ2) is 20.0. The predicted molar refractivity (Wildman–Crippen MR) is 282 cm³/mol. The Hall–Kier alpha value is -6.82. The van der Waals surface area contributed by atoms with Crippen LogP contribution in [0.2, 0.25) is 0 Å². The van der Waals surface area contributed by atoms with E-state index in [0.717, 1.165) is 53.8 Å². The Kier molecular flexibility index (Phi) is 13.1. The van der Waals surface area contributed by atoms with Crippen LogP contribution in [-0.2, 0) is 29.4 Å². The van der Waals surface area contributed by atoms with E-state index in [1.54, 1.807) is 36.9 Å². The van der Waals surface area contributed by atoms with Crippen LogP contribution < -0.4 is 20.4 Å². The zero-order chi connectivity index (χ0) is 51.5. The summed E-state index contributed by atoms with van der Waals surface area (Å²) >= 11 is 0. The topological polar surface area (TPSA) is 182 Å². The molecule has 0 radical (unpaired) electrons. The maximum Gasteiger partial charge on any atom is 0.238 e. The number of aromatic nitrogens is 5. The van der Waals surface area contributed by atoms with E-state index in [4.69, 9.17) is 9.97 Å². The molecule has 17 nitrogen and oxygen atoms in total. The zero-order valence-electron chi connectivity index (χ0n) is 43.1. The Bertz CT molecular complexity index is 3020. The molecular formula is C57H67FN12O5. The molecule has 0 bridgehead atoms. The number of piperidine rings is 5. The van der Waals surface area contributed by atoms with Gasteiger partial charge in [-0.05, 0) is 127 Å². The lowest BCUT2D eigenvalue weighted by atomic mass is 9.73. The summed E-state index contributed by atoms with van der Waals surface area (Å²) in [7, 11) is 0. The minimum atomic E-state index is -0.747. The molecule has 18 heteroatoms. The van der Waals surface area contributed by atoms with Crippen molar-refractivity contribution in [3.8, 4) is 11.3 Å². The van der Waals surface area contributed by atoms with Crippen molar-refractivity contribution in [1.82, 2.24) is 44.5 Å². The molecule has 5 amide bonds. The number of nitrogens with zero attached hydrogens (tertiary/aromatic N) is 10. The summed E-state index contributed by atoms with van der Waals surface area (Å²) in [6, 6.07) is 15.5. The number of carbonyl (C=O) groups excluding carboxylic acids is 5. The fourth-order valence-corrected chi connectivity index (χ4v) is 13.3. The molecule has 5 saturated heterocycles. The maximum absolute atomic E-state index is 15.3. The van der Waals surface area contributed by atoms with Crippen LogP contribution in [0.4, 0.5) is 27.5 Å². The van der Waals surface area contributed by atoms with E-state index in [1.807, 2.05) is 20.4 Å². The lowest BCUT2D eigenvalue weighted by Crippen LogP contribution is -2.58. The molecule has 1 unspecified atom stereocenters. The molecule has 1 spiro atoms. The minimum Gasteiger partial charge on any atom is -0.342 e. The van der Waals surface area contributed by atoms with Crippen molar-refractivity contribution in [3.05, 3.63) is 84.2 Å². The molecule has 5 aromatic rings. The highest BCUT2D eigenvalue weighted by atomic mass is 19.1. The minimum absolute atomic E-state index is 0.0771. The molecule has 1 atom stereocenters. The SMILES string of the molecule is CC(C)n1cnc2cc(-c3ccc4c(c3)N([C@H]3C[C@@H](N5CCCCC5)C3)C(=O)C43CCN(C(=O)C4CCN(C(=O)C5CCN(c6ncc(C7CCC(=O)NC7=O)cn6)CC5)CC4)CC3)nc(Nc3ccccc3F)c21. The number of para-hydroxylation sites is 1. The normalized spacial score (nSPS) is 23.7. The van der Waals surface area contributed by atoms with E-state index in [9.17, 15) is 19.2 Å². The fourth-order valence-electron chi connectivity index (χ4n) is 13.3. The third-order valence-electron chi connectivity index (χ3n) is 17.8. The summed E-state index contributed by atoms with van der Waals surface area (Å²) in [4.78, 5) is 97.2. The van der Waals surface area contributed by atoms with Crippen LogP contribution in [0.15, 0.2) is 67.3 Å². The highest BCUT2D eigenvalue weighted by Gasteiger charge is 2.56. The molecule has 12 rings (SSSR count). The van der Waals surface area contributed by atoms with Gasteiger partial charge in [-0.25, -0.2) is 24.3 Å². The molecule has 2 N–H and O–H groups in total. The van der Waals surface area contributed by atoms with Gasteiger partial charge in [0.25, 0.3) is 0 Å². The van der Waals surface area contributed by atoms with Gasteiger partial charge in [-0.15, -0.1) is 0 Å². The van der Waals surface area contributed by atoms with Crippen LogP contribution in [0.25, 0.3) is 22.3 Å². The summed E-state index contributed by atoms with van der Waals surface area (Å²) in [6.07, 6.45) is 15.1. The van der Waals surface area contributed by atoms with Gasteiger partial charge >= 0.3 is 0 Å². The summed E-state index contributed by atoms with van der Waals surface area (Å²) in [5, 5.41) is 5.68. The Morgan fingerprint density at radius 3 is 2.13 bits per heavy atom. The number of imide groups is 1. The summed E-state index contributed by atoms with van der Waals surface area (Å²) in [6.45, 7) is 9.74. The lowest BCUT2D eigenvalue weighted by molar-refractivity contribution is -0.144. The number of benzene rings is 2. The number of likely N-dealkylation sites (tertiary alicyclic amines) is 3. The molecule has 1 aliphatic carbocycles. The quantitative estimate of drug-likeness (QED) is 0.134. The van der Waals surface area contributed by atoms with Crippen molar-refractivity contribution in [2.45, 2.75) is 127 Å². The average Bonchev–Trinajstić information content (AvgIpc) is 3.96. The van der Waals surface area contributed by atoms with Gasteiger partial charge in [0.15, 0.2) is 5.82 Å². The van der Waals surface area contributed by atoms with Crippen LogP contribution in [0.1, 0.15) is 120 Å². The number of anilines is 4. The van der Waals surface area contributed by atoms with Gasteiger partial charge in [0, 0.05) is 105 Å². The first-order chi connectivity index (χ1) is 36.4. The van der Waals surface area contributed by atoms with Gasteiger partial charge in [-0.1, -0.05) is 30.7 Å². The van der Waals surface area contributed by atoms with Gasteiger partial charge in [0.1, 0.15) is 11.3 Å². The van der Waals surface area contributed by atoms with Crippen molar-refractivity contribution in [2.75, 3.05) is 67.5 Å². The molecule has 6 aliphatic heterocycles. The first-order valence-electron chi connectivity index (χ1n) is 27.5. The van der Waals surface area contributed by atoms with E-state index >= 15 is 9.18 Å². The third kappa shape index (κ3) is 9.09. The van der Waals surface area contributed by atoms with Gasteiger partial charge in [0.2, 0.25) is 35.5 Å². The first kappa shape index (κ1) is 49.1. The highest BCUT2D eigenvalue weighted by molar-refractivity contribution is 6.09. The number of carbonyl (C=O) groups is 5. The van der Waals surface area contributed by atoms with Crippen molar-refractivity contribution in [2.24, 2.45) is 11.8 Å². The largest absolute Gasteiger partial charge is 0.342 e. The Balaban J connectivity index is 0.712. The second-order valence-corrected chi connectivity index (χ2v) is 22.4. The molecule has 1 saturated carbocycles. The van der Waals surface area contributed by atoms with E-state index in [-0.39, 0.29) is 59.3 Å².